The number of hydrogen-bond donors (Lipinski definition) is 2. The first kappa shape index (κ1) is 9.01. The zero-order chi connectivity index (χ0) is 8.43. The molecule has 1 saturated heterocycles. The first-order valence-corrected chi connectivity index (χ1v) is 4.61. The molecule has 0 aliphatic carbocycles. The second-order valence-corrected chi connectivity index (χ2v) is 4.15. The monoisotopic (exact) mass is 156 g/mol. The molecule has 2 heteroatoms. The predicted molar refractivity (Wildman–Crippen MR) is 48.4 cm³/mol. The fourth-order valence-corrected chi connectivity index (χ4v) is 1.84. The summed E-state index contributed by atoms with van der Waals surface area (Å²) < 4.78 is 0. The second kappa shape index (κ2) is 3.55. The first-order valence-electron chi connectivity index (χ1n) is 4.61. The molecule has 1 heterocycles. The SMILES string of the molecule is CC(C)[C@@H]1C[C@@H](N)C[C@H](C)N1. The van der Waals surface area contributed by atoms with Crippen LogP contribution in [0.4, 0.5) is 0 Å². The van der Waals surface area contributed by atoms with Gasteiger partial charge in [0.25, 0.3) is 0 Å². The lowest BCUT2D eigenvalue weighted by atomic mass is 9.89. The third kappa shape index (κ3) is 2.46. The molecule has 3 atom stereocenters. The summed E-state index contributed by atoms with van der Waals surface area (Å²) in [5.74, 6) is 0.712. The standard InChI is InChI=1S/C9H20N2/c1-6(2)9-5-8(10)4-7(3)11-9/h6-9,11H,4-5,10H2,1-3H3/t7-,8-,9-/m0/s1. The van der Waals surface area contributed by atoms with Crippen molar-refractivity contribution >= 4 is 0 Å². The van der Waals surface area contributed by atoms with E-state index in [1.807, 2.05) is 0 Å². The molecule has 1 rings (SSSR count). The Morgan fingerprint density at radius 2 is 2.00 bits per heavy atom. The second-order valence-electron chi connectivity index (χ2n) is 4.15. The van der Waals surface area contributed by atoms with Crippen LogP contribution >= 0.6 is 0 Å². The summed E-state index contributed by atoms with van der Waals surface area (Å²) in [7, 11) is 0. The summed E-state index contributed by atoms with van der Waals surface area (Å²) >= 11 is 0. The Morgan fingerprint density at radius 3 is 2.45 bits per heavy atom. The van der Waals surface area contributed by atoms with E-state index in [4.69, 9.17) is 5.73 Å². The number of piperidine rings is 1. The maximum absolute atomic E-state index is 5.91. The Kier molecular flexibility index (Phi) is 2.90. The minimum Gasteiger partial charge on any atom is -0.328 e. The summed E-state index contributed by atoms with van der Waals surface area (Å²) in [6.45, 7) is 6.72. The minimum absolute atomic E-state index is 0.415. The largest absolute Gasteiger partial charge is 0.328 e. The third-order valence-electron chi connectivity index (χ3n) is 2.52. The molecule has 0 saturated carbocycles. The molecule has 11 heavy (non-hydrogen) atoms. The third-order valence-corrected chi connectivity index (χ3v) is 2.52. The maximum atomic E-state index is 5.91. The van der Waals surface area contributed by atoms with E-state index in [2.05, 4.69) is 26.1 Å². The van der Waals surface area contributed by atoms with Crippen LogP contribution in [-0.4, -0.2) is 18.1 Å². The van der Waals surface area contributed by atoms with E-state index in [1.54, 1.807) is 0 Å². The summed E-state index contributed by atoms with van der Waals surface area (Å²) in [5, 5.41) is 3.57. The lowest BCUT2D eigenvalue weighted by Crippen LogP contribution is -2.50. The van der Waals surface area contributed by atoms with E-state index >= 15 is 0 Å². The molecule has 0 bridgehead atoms. The van der Waals surface area contributed by atoms with Crippen LogP contribution in [0.5, 0.6) is 0 Å². The van der Waals surface area contributed by atoms with Gasteiger partial charge in [-0.25, -0.2) is 0 Å². The van der Waals surface area contributed by atoms with Crippen molar-refractivity contribution in [2.45, 2.75) is 51.7 Å². The molecule has 0 spiro atoms. The zero-order valence-electron chi connectivity index (χ0n) is 7.80. The summed E-state index contributed by atoms with van der Waals surface area (Å²) in [5.41, 5.74) is 5.91. The van der Waals surface area contributed by atoms with Gasteiger partial charge in [0.1, 0.15) is 0 Å². The average molecular weight is 156 g/mol. The topological polar surface area (TPSA) is 38.0 Å². The Hall–Kier alpha value is -0.0800. The lowest BCUT2D eigenvalue weighted by molar-refractivity contribution is 0.255. The fourth-order valence-electron chi connectivity index (χ4n) is 1.84. The quantitative estimate of drug-likeness (QED) is 0.597. The summed E-state index contributed by atoms with van der Waals surface area (Å²) in [4.78, 5) is 0. The van der Waals surface area contributed by atoms with Crippen molar-refractivity contribution in [3.63, 3.8) is 0 Å². The molecule has 3 N–H and O–H groups in total. The molecular weight excluding hydrogens is 136 g/mol. The highest BCUT2D eigenvalue weighted by Gasteiger charge is 2.24. The van der Waals surface area contributed by atoms with Crippen LogP contribution in [0, 0.1) is 5.92 Å². The highest BCUT2D eigenvalue weighted by molar-refractivity contribution is 4.86. The molecule has 0 aromatic rings. The Balaban J connectivity index is 2.43. The van der Waals surface area contributed by atoms with E-state index in [0.717, 1.165) is 12.8 Å². The molecule has 1 aliphatic rings. The van der Waals surface area contributed by atoms with Crippen LogP contribution in [-0.2, 0) is 0 Å². The Morgan fingerprint density at radius 1 is 1.36 bits per heavy atom. The molecule has 0 amide bonds. The van der Waals surface area contributed by atoms with E-state index < -0.39 is 0 Å². The number of hydrogen-bond acceptors (Lipinski definition) is 2. The van der Waals surface area contributed by atoms with Gasteiger partial charge in [-0.15, -0.1) is 0 Å². The minimum atomic E-state index is 0.415. The van der Waals surface area contributed by atoms with E-state index in [9.17, 15) is 0 Å². The lowest BCUT2D eigenvalue weighted by Gasteiger charge is -2.35. The van der Waals surface area contributed by atoms with Crippen molar-refractivity contribution in [2.24, 2.45) is 11.7 Å². The highest BCUT2D eigenvalue weighted by Crippen LogP contribution is 2.17. The van der Waals surface area contributed by atoms with Gasteiger partial charge in [0.05, 0.1) is 0 Å². The zero-order valence-corrected chi connectivity index (χ0v) is 7.80. The average Bonchev–Trinajstić information content (AvgIpc) is 1.85. The van der Waals surface area contributed by atoms with E-state index in [1.165, 1.54) is 0 Å². The number of rotatable bonds is 1. The van der Waals surface area contributed by atoms with Gasteiger partial charge in [-0.2, -0.15) is 0 Å². The number of nitrogens with two attached hydrogens (primary N) is 1. The smallest absolute Gasteiger partial charge is 0.0107 e. The predicted octanol–water partition coefficient (Wildman–Crippen LogP) is 1.11. The van der Waals surface area contributed by atoms with Gasteiger partial charge in [-0.05, 0) is 25.7 Å². The van der Waals surface area contributed by atoms with Gasteiger partial charge in [0.15, 0.2) is 0 Å². The molecule has 2 nitrogen and oxygen atoms in total. The summed E-state index contributed by atoms with van der Waals surface area (Å²) in [6.07, 6.45) is 2.27. The molecule has 1 fully saturated rings. The molecule has 0 radical (unpaired) electrons. The van der Waals surface area contributed by atoms with Gasteiger partial charge < -0.3 is 11.1 Å². The van der Waals surface area contributed by atoms with E-state index in [-0.39, 0.29) is 0 Å². The molecular formula is C9H20N2. The van der Waals surface area contributed by atoms with Gasteiger partial charge in [-0.3, -0.25) is 0 Å². The van der Waals surface area contributed by atoms with Crippen LogP contribution in [0.15, 0.2) is 0 Å². The van der Waals surface area contributed by atoms with Crippen molar-refractivity contribution < 1.29 is 0 Å². The molecule has 0 unspecified atom stereocenters. The first-order chi connectivity index (χ1) is 5.09. The van der Waals surface area contributed by atoms with Crippen LogP contribution in [0.3, 0.4) is 0 Å². The van der Waals surface area contributed by atoms with Crippen molar-refractivity contribution in [2.75, 3.05) is 0 Å². The normalized spacial score (nSPS) is 39.5. The van der Waals surface area contributed by atoms with Gasteiger partial charge in [0, 0.05) is 18.1 Å². The van der Waals surface area contributed by atoms with Crippen molar-refractivity contribution in [1.82, 2.24) is 5.32 Å². The number of nitrogens with one attached hydrogen (secondary N) is 1. The van der Waals surface area contributed by atoms with E-state index in [0.29, 0.717) is 24.0 Å². The Labute approximate surface area is 69.5 Å². The molecule has 0 aromatic heterocycles. The van der Waals surface area contributed by atoms with Crippen molar-refractivity contribution in [1.29, 1.82) is 0 Å². The van der Waals surface area contributed by atoms with Crippen LogP contribution in [0.1, 0.15) is 33.6 Å². The van der Waals surface area contributed by atoms with Gasteiger partial charge in [0.2, 0.25) is 0 Å². The highest BCUT2D eigenvalue weighted by atomic mass is 15.0. The van der Waals surface area contributed by atoms with Crippen LogP contribution < -0.4 is 11.1 Å². The van der Waals surface area contributed by atoms with Crippen molar-refractivity contribution in [3.05, 3.63) is 0 Å². The molecule has 0 aromatic carbocycles. The van der Waals surface area contributed by atoms with Crippen molar-refractivity contribution in [3.8, 4) is 0 Å². The van der Waals surface area contributed by atoms with Crippen LogP contribution in [0.25, 0.3) is 0 Å². The summed E-state index contributed by atoms with van der Waals surface area (Å²) in [6, 6.07) is 1.65. The molecule has 1 aliphatic heterocycles. The fraction of sp³-hybridized carbons (Fsp3) is 1.00. The molecule has 66 valence electrons. The van der Waals surface area contributed by atoms with Crippen LogP contribution in [0.2, 0.25) is 0 Å². The Bertz CT molecular complexity index is 113. The maximum Gasteiger partial charge on any atom is 0.0107 e. The van der Waals surface area contributed by atoms with Gasteiger partial charge in [-0.1, -0.05) is 13.8 Å². The van der Waals surface area contributed by atoms with Gasteiger partial charge >= 0.3 is 0 Å².